The summed E-state index contributed by atoms with van der Waals surface area (Å²) in [5, 5.41) is 4.00. The summed E-state index contributed by atoms with van der Waals surface area (Å²) in [6.07, 6.45) is 1.01. The first-order chi connectivity index (χ1) is 14.2. The maximum atomic E-state index is 4.17. The van der Waals surface area contributed by atoms with E-state index in [2.05, 4.69) is 115 Å². The SMILES string of the molecule is Cn1c2c(c3ccccc31)-c1[c-]cc(Br)cc1C2.[Cl-].[Cl-].[S]=[Zr+2].c1ccc2[cH-]ccc2c1. The molecule has 156 valence electrons. The minimum absolute atomic E-state index is 0. The van der Waals surface area contributed by atoms with Gasteiger partial charge in [0, 0.05) is 12.6 Å². The fourth-order valence-electron chi connectivity index (χ4n) is 4.07. The van der Waals surface area contributed by atoms with Gasteiger partial charge in [0.25, 0.3) is 0 Å². The van der Waals surface area contributed by atoms with Crippen molar-refractivity contribution >= 4 is 46.5 Å². The van der Waals surface area contributed by atoms with Crippen molar-refractivity contribution in [3.05, 3.63) is 101 Å². The van der Waals surface area contributed by atoms with E-state index in [0.717, 1.165) is 33.6 Å². The van der Waals surface area contributed by atoms with Crippen molar-refractivity contribution in [2.24, 2.45) is 7.05 Å². The Morgan fingerprint density at radius 2 is 1.74 bits per heavy atom. The maximum absolute atomic E-state index is 4.17. The summed E-state index contributed by atoms with van der Waals surface area (Å²) in [6.45, 7) is 0. The molecule has 0 spiro atoms. The first kappa shape index (κ1) is 26.2. The Kier molecular flexibility index (Phi) is 9.92. The van der Waals surface area contributed by atoms with Crippen LogP contribution in [-0.2, 0) is 36.1 Å². The van der Waals surface area contributed by atoms with Crippen LogP contribution in [0.2, 0.25) is 0 Å². The molecule has 0 atom stereocenters. The Balaban J connectivity index is 0.000000224. The van der Waals surface area contributed by atoms with Crippen molar-refractivity contribution in [1.82, 2.24) is 4.57 Å². The Bertz CT molecular complexity index is 1280. The van der Waals surface area contributed by atoms with Crippen molar-refractivity contribution in [3.8, 4) is 11.1 Å². The molecule has 6 rings (SSSR count). The zero-order valence-corrected chi connectivity index (χ0v) is 23.1. The van der Waals surface area contributed by atoms with Crippen LogP contribution >= 0.6 is 24.8 Å². The summed E-state index contributed by atoms with van der Waals surface area (Å²) in [7, 11) is 6.33. The van der Waals surface area contributed by atoms with Crippen molar-refractivity contribution in [3.63, 3.8) is 0 Å². The number of aryl methyl sites for hydroxylation is 1. The monoisotopic (exact) mass is 603 g/mol. The summed E-state index contributed by atoms with van der Waals surface area (Å²) in [5.41, 5.74) is 6.72. The zero-order valence-electron chi connectivity index (χ0n) is 16.7. The van der Waals surface area contributed by atoms with Gasteiger partial charge in [-0.1, -0.05) is 34.3 Å². The Morgan fingerprint density at radius 1 is 1.03 bits per heavy atom. The van der Waals surface area contributed by atoms with E-state index in [1.165, 1.54) is 44.1 Å². The number of rotatable bonds is 0. The van der Waals surface area contributed by atoms with Gasteiger partial charge in [0.05, 0.1) is 0 Å². The molecule has 1 aliphatic carbocycles. The maximum Gasteiger partial charge on any atom is -0.0809 e. The molecule has 0 aliphatic heterocycles. The zero-order chi connectivity index (χ0) is 20.4. The number of nitrogens with zero attached hydrogens (tertiary/aromatic N) is 1. The van der Waals surface area contributed by atoms with Crippen molar-refractivity contribution in [2.75, 3.05) is 0 Å². The van der Waals surface area contributed by atoms with Gasteiger partial charge in [-0.25, -0.2) is 0 Å². The third-order valence-electron chi connectivity index (χ3n) is 5.37. The van der Waals surface area contributed by atoms with Crippen LogP contribution in [0.15, 0.2) is 83.3 Å². The van der Waals surface area contributed by atoms with Crippen LogP contribution in [0.3, 0.4) is 0 Å². The van der Waals surface area contributed by atoms with Crippen LogP contribution in [0.5, 0.6) is 0 Å². The molecule has 1 nitrogen and oxygen atoms in total. The molecular weight excluding hydrogens is 588 g/mol. The molecule has 0 unspecified atom stereocenters. The van der Waals surface area contributed by atoms with Gasteiger partial charge in [-0.2, -0.15) is 17.5 Å². The molecule has 0 N–H and O–H groups in total. The fourth-order valence-corrected chi connectivity index (χ4v) is 4.46. The van der Waals surface area contributed by atoms with E-state index in [4.69, 9.17) is 0 Å². The first-order valence-corrected chi connectivity index (χ1v) is 13.5. The largest absolute Gasteiger partial charge is 0.168 e. The van der Waals surface area contributed by atoms with Gasteiger partial charge in [0.1, 0.15) is 0 Å². The minimum atomic E-state index is 0. The standard InChI is InChI=1S/C16H11BrN.C9H7.2ClH.S.Zr/c1-18-14-5-3-2-4-13(14)16-12-7-6-11(17)8-10(12)9-15(16)18;1-2-5-9-7-3-6-8(9)4-1;;;;/h2-6,8H,9H2,1H3;1-7H;2*1H;;/q2*-1;;;;+2/p-2. The summed E-state index contributed by atoms with van der Waals surface area (Å²) in [4.78, 5) is 0. The molecule has 1 aromatic heterocycles. The second-order valence-electron chi connectivity index (χ2n) is 6.95. The topological polar surface area (TPSA) is 4.93 Å². The summed E-state index contributed by atoms with van der Waals surface area (Å²) in [6, 6.07) is 30.9. The van der Waals surface area contributed by atoms with Gasteiger partial charge in [-0.15, -0.1) is 74.9 Å². The molecule has 6 heteroatoms. The number of hydrogen-bond donors (Lipinski definition) is 0. The number of para-hydroxylation sites is 1. The third-order valence-corrected chi connectivity index (χ3v) is 5.83. The molecule has 0 saturated heterocycles. The number of hydrogen-bond acceptors (Lipinski definition) is 1. The Hall–Kier alpha value is -1.03. The molecule has 4 aromatic carbocycles. The van der Waals surface area contributed by atoms with Crippen LogP contribution in [0.25, 0.3) is 32.8 Å². The van der Waals surface area contributed by atoms with Gasteiger partial charge in [-0.3, -0.25) is 0 Å². The van der Waals surface area contributed by atoms with Gasteiger partial charge in [0.15, 0.2) is 0 Å². The van der Waals surface area contributed by atoms with Crippen LogP contribution in [0.1, 0.15) is 11.3 Å². The molecule has 0 fully saturated rings. The average Bonchev–Trinajstić information content (AvgIpc) is 3.45. The van der Waals surface area contributed by atoms with Crippen molar-refractivity contribution in [1.29, 1.82) is 0 Å². The van der Waals surface area contributed by atoms with Crippen LogP contribution in [0.4, 0.5) is 0 Å². The normalized spacial score (nSPS) is 10.6. The first-order valence-electron chi connectivity index (χ1n) is 9.30. The van der Waals surface area contributed by atoms with E-state index >= 15 is 0 Å². The van der Waals surface area contributed by atoms with Gasteiger partial charge in [0.2, 0.25) is 0 Å². The number of fused-ring (bicyclic) bond motifs is 6. The second-order valence-corrected chi connectivity index (χ2v) is 7.86. The van der Waals surface area contributed by atoms with Crippen molar-refractivity contribution < 1.29 is 47.5 Å². The molecular formula is C25H18BrCl2NSZr-2. The summed E-state index contributed by atoms with van der Waals surface area (Å²) >= 11 is 4.66. The van der Waals surface area contributed by atoms with Gasteiger partial charge < -0.3 is 29.4 Å². The van der Waals surface area contributed by atoms with E-state index < -0.39 is 0 Å². The second kappa shape index (κ2) is 11.7. The smallest absolute Gasteiger partial charge is 0.0809 e. The summed E-state index contributed by atoms with van der Waals surface area (Å²) in [5.74, 6) is 0. The number of benzene rings is 3. The number of halogens is 3. The third kappa shape index (κ3) is 5.15. The Morgan fingerprint density at radius 3 is 2.52 bits per heavy atom. The molecule has 0 saturated carbocycles. The predicted octanol–water partition coefficient (Wildman–Crippen LogP) is 1.52. The predicted molar refractivity (Wildman–Crippen MR) is 125 cm³/mol. The van der Waals surface area contributed by atoms with E-state index in [9.17, 15) is 0 Å². The van der Waals surface area contributed by atoms with E-state index in [1.807, 2.05) is 6.07 Å². The van der Waals surface area contributed by atoms with Crippen LogP contribution < -0.4 is 24.8 Å². The van der Waals surface area contributed by atoms with Gasteiger partial charge >= 0.3 is 31.5 Å². The van der Waals surface area contributed by atoms with Crippen LogP contribution in [0, 0.1) is 6.07 Å². The van der Waals surface area contributed by atoms with E-state index in [-0.39, 0.29) is 24.8 Å². The molecule has 1 heterocycles. The molecule has 1 aliphatic rings. The minimum Gasteiger partial charge on any atom is -0.168 e. The molecule has 0 bridgehead atoms. The van der Waals surface area contributed by atoms with Gasteiger partial charge in [-0.05, 0) is 23.6 Å². The van der Waals surface area contributed by atoms with Crippen molar-refractivity contribution in [2.45, 2.75) is 6.42 Å². The van der Waals surface area contributed by atoms with E-state index in [0.29, 0.717) is 0 Å². The molecule has 0 amide bonds. The average molecular weight is 607 g/mol. The quantitative estimate of drug-likeness (QED) is 0.238. The van der Waals surface area contributed by atoms with Crippen LogP contribution in [-0.4, -0.2) is 4.57 Å². The number of aromatic nitrogens is 1. The molecule has 0 radical (unpaired) electrons. The molecule has 31 heavy (non-hydrogen) atoms. The van der Waals surface area contributed by atoms with E-state index in [1.54, 1.807) is 0 Å². The fraction of sp³-hybridized carbons (Fsp3) is 0.0800. The summed E-state index contributed by atoms with van der Waals surface area (Å²) < 4.78 is 3.42. The Labute approximate surface area is 221 Å². The molecule has 5 aromatic rings.